The molecule has 1 aliphatic heterocycles. The summed E-state index contributed by atoms with van der Waals surface area (Å²) in [6, 6.07) is 15.9. The number of benzene rings is 3. The van der Waals surface area contributed by atoms with E-state index in [-0.39, 0.29) is 54.3 Å². The number of nitrogens with zero attached hydrogens (tertiary/aromatic N) is 3. The second-order valence-electron chi connectivity index (χ2n) is 11.6. The maximum Gasteiger partial charge on any atom is 0.422 e. The van der Waals surface area contributed by atoms with Crippen molar-refractivity contribution in [1.29, 1.82) is 0 Å². The van der Waals surface area contributed by atoms with E-state index in [9.17, 15) is 33.2 Å². The Labute approximate surface area is 262 Å². The number of hydrogen-bond donors (Lipinski definition) is 2. The van der Waals surface area contributed by atoms with Crippen molar-refractivity contribution >= 4 is 22.6 Å². The Balaban J connectivity index is 1.38. The summed E-state index contributed by atoms with van der Waals surface area (Å²) in [6.45, 7) is 1.73. The van der Waals surface area contributed by atoms with Gasteiger partial charge in [-0.25, -0.2) is 0 Å². The molecule has 0 saturated carbocycles. The molecule has 2 N–H and O–H groups in total. The first-order valence-electron chi connectivity index (χ1n) is 14.7. The molecule has 0 radical (unpaired) electrons. The fraction of sp³-hybridized carbons (Fsp3) is 0.364. The van der Waals surface area contributed by atoms with Gasteiger partial charge in [-0.15, -0.1) is 0 Å². The third-order valence-corrected chi connectivity index (χ3v) is 8.33. The number of halogens is 3. The first-order valence-corrected chi connectivity index (χ1v) is 14.7. The van der Waals surface area contributed by atoms with Gasteiger partial charge < -0.3 is 24.3 Å². The third-order valence-electron chi connectivity index (χ3n) is 8.33. The van der Waals surface area contributed by atoms with Crippen LogP contribution in [-0.4, -0.2) is 69.6 Å². The summed E-state index contributed by atoms with van der Waals surface area (Å²) in [6.07, 6.45) is -3.59. The van der Waals surface area contributed by atoms with Gasteiger partial charge in [-0.2, -0.15) is 13.2 Å². The van der Waals surface area contributed by atoms with Crippen molar-refractivity contribution in [2.45, 2.75) is 50.6 Å². The topological polar surface area (TPSA) is 127 Å². The molecule has 1 unspecified atom stereocenters. The van der Waals surface area contributed by atoms with Crippen LogP contribution in [0.5, 0.6) is 11.5 Å². The van der Waals surface area contributed by atoms with E-state index < -0.39 is 29.2 Å². The fourth-order valence-electron chi connectivity index (χ4n) is 5.85. The van der Waals surface area contributed by atoms with E-state index >= 15 is 0 Å². The average Bonchev–Trinajstić information content (AvgIpc) is 3.37. The lowest BCUT2D eigenvalue weighted by Gasteiger charge is -2.39. The smallest absolute Gasteiger partial charge is 0.422 e. The average molecular weight is 642 g/mol. The highest BCUT2D eigenvalue weighted by atomic mass is 19.4. The predicted octanol–water partition coefficient (Wildman–Crippen LogP) is 5.84. The molecule has 10 nitrogen and oxygen atoms in total. The second-order valence-corrected chi connectivity index (χ2v) is 11.6. The molecular weight excluding hydrogens is 607 g/mol. The highest BCUT2D eigenvalue weighted by Gasteiger charge is 2.57. The number of non-ortho nitro benzene ring substituents is 1. The molecule has 1 aromatic heterocycles. The monoisotopic (exact) mass is 641 g/mol. The number of β-amino-alcohol motifs (C(OH)–C–C–N with tert-alkyl or cyclic N) is 1. The summed E-state index contributed by atoms with van der Waals surface area (Å²) in [5.41, 5.74) is -1.38. The maximum atomic E-state index is 14.9. The molecule has 244 valence electrons. The summed E-state index contributed by atoms with van der Waals surface area (Å²) in [5.74, 6) is -0.230. The minimum absolute atomic E-state index is 0.0780. The minimum atomic E-state index is -5.06. The normalized spacial score (nSPS) is 15.9. The van der Waals surface area contributed by atoms with Crippen LogP contribution in [0.2, 0.25) is 0 Å². The number of aryl methyl sites for hydroxylation is 1. The molecule has 13 heteroatoms. The Hall–Kier alpha value is -4.62. The van der Waals surface area contributed by atoms with Gasteiger partial charge in [0.25, 0.3) is 5.69 Å². The van der Waals surface area contributed by atoms with Gasteiger partial charge in [0.05, 0.1) is 24.0 Å². The number of carbonyl (C=O) groups is 1. The van der Waals surface area contributed by atoms with Gasteiger partial charge in [-0.05, 0) is 49.1 Å². The number of carboxylic acid groups (broad SMARTS) is 1. The zero-order valence-electron chi connectivity index (χ0n) is 25.3. The molecule has 0 spiro atoms. The Morgan fingerprint density at radius 2 is 1.70 bits per heavy atom. The Bertz CT molecular complexity index is 1730. The van der Waals surface area contributed by atoms with Gasteiger partial charge in [0.1, 0.15) is 6.10 Å². The van der Waals surface area contributed by atoms with Crippen molar-refractivity contribution in [2.75, 3.05) is 26.7 Å². The number of alkyl halides is 3. The number of likely N-dealkylation sites (tertiary alicyclic amines) is 1. The second kappa shape index (κ2) is 13.0. The molecule has 1 aliphatic rings. The van der Waals surface area contributed by atoms with Crippen molar-refractivity contribution in [3.63, 3.8) is 0 Å². The molecule has 1 saturated heterocycles. The number of methoxy groups -OCH3 is 1. The van der Waals surface area contributed by atoms with Crippen molar-refractivity contribution in [3.8, 4) is 11.5 Å². The Kier molecular flexibility index (Phi) is 9.27. The number of aliphatic carboxylic acids is 1. The highest BCUT2D eigenvalue weighted by molar-refractivity contribution is 5.87. The summed E-state index contributed by atoms with van der Waals surface area (Å²) < 4.78 is 57.5. The Morgan fingerprint density at radius 3 is 2.30 bits per heavy atom. The van der Waals surface area contributed by atoms with Crippen molar-refractivity contribution in [3.05, 3.63) is 99.2 Å². The standard InChI is InChI=1S/C33H34F3N3O7/c1-21-3-5-22(6-4-21)18-38-19-27(26-9-8-24(39(43)44)17-28(26)38)32(42,33(34,35)36)20-37-13-11-25(12-14-37)46-29-10-7-23(16-31(40)41)15-30(29)45-2/h3-10,15,17,19,25,42H,11-14,16,18,20H2,1-2H3,(H,40,41). The lowest BCUT2D eigenvalue weighted by molar-refractivity contribution is -0.384. The van der Waals surface area contributed by atoms with Gasteiger partial charge >= 0.3 is 12.1 Å². The summed E-state index contributed by atoms with van der Waals surface area (Å²) >= 11 is 0. The number of hydrogen-bond acceptors (Lipinski definition) is 7. The molecule has 0 bridgehead atoms. The first-order chi connectivity index (χ1) is 21.8. The zero-order valence-corrected chi connectivity index (χ0v) is 25.3. The largest absolute Gasteiger partial charge is 0.493 e. The molecule has 1 atom stereocenters. The van der Waals surface area contributed by atoms with Crippen LogP contribution in [0.3, 0.4) is 0 Å². The van der Waals surface area contributed by atoms with Crippen LogP contribution in [0.1, 0.15) is 35.1 Å². The number of ether oxygens (including phenoxy) is 2. The van der Waals surface area contributed by atoms with E-state index in [1.165, 1.54) is 34.9 Å². The number of aromatic nitrogens is 1. The molecule has 0 amide bonds. The maximum absolute atomic E-state index is 14.9. The number of fused-ring (bicyclic) bond motifs is 1. The van der Waals surface area contributed by atoms with Crippen LogP contribution in [0.4, 0.5) is 18.9 Å². The van der Waals surface area contributed by atoms with E-state index in [1.807, 2.05) is 31.2 Å². The van der Waals surface area contributed by atoms with Gasteiger partial charge in [0, 0.05) is 55.5 Å². The van der Waals surface area contributed by atoms with E-state index in [1.54, 1.807) is 18.2 Å². The summed E-state index contributed by atoms with van der Waals surface area (Å²) in [5, 5.41) is 32.2. The molecule has 5 rings (SSSR count). The van der Waals surface area contributed by atoms with Crippen LogP contribution in [0.25, 0.3) is 10.9 Å². The van der Waals surface area contributed by atoms with E-state index in [0.717, 1.165) is 17.2 Å². The number of piperidine rings is 1. The number of nitro groups is 1. The molecule has 46 heavy (non-hydrogen) atoms. The number of nitro benzene ring substituents is 1. The van der Waals surface area contributed by atoms with Crippen LogP contribution in [-0.2, 0) is 23.4 Å². The van der Waals surface area contributed by atoms with Crippen molar-refractivity contribution in [2.24, 2.45) is 0 Å². The van der Waals surface area contributed by atoms with Gasteiger partial charge in [-0.3, -0.25) is 19.8 Å². The first kappa shape index (κ1) is 32.8. The Morgan fingerprint density at radius 1 is 1.02 bits per heavy atom. The van der Waals surface area contributed by atoms with Gasteiger partial charge in [0.15, 0.2) is 11.5 Å². The SMILES string of the molecule is COc1cc(CC(=O)O)ccc1OC1CCN(CC(O)(c2cn(Cc3ccc(C)cc3)c3cc([N+](=O)[O-])ccc23)C(F)(F)F)CC1. The number of carboxylic acids is 1. The fourth-order valence-corrected chi connectivity index (χ4v) is 5.85. The van der Waals surface area contributed by atoms with Gasteiger partial charge in [0.2, 0.25) is 5.60 Å². The van der Waals surface area contributed by atoms with Crippen LogP contribution in [0.15, 0.2) is 66.9 Å². The molecular formula is C33H34F3N3O7. The minimum Gasteiger partial charge on any atom is -0.493 e. The van der Waals surface area contributed by atoms with Crippen molar-refractivity contribution < 1.29 is 42.6 Å². The summed E-state index contributed by atoms with van der Waals surface area (Å²) in [4.78, 5) is 23.5. The zero-order chi connectivity index (χ0) is 33.2. The van der Waals surface area contributed by atoms with Gasteiger partial charge in [-0.1, -0.05) is 35.9 Å². The molecule has 4 aromatic rings. The van der Waals surface area contributed by atoms with E-state index in [2.05, 4.69) is 0 Å². The number of rotatable bonds is 11. The molecule has 2 heterocycles. The quantitative estimate of drug-likeness (QED) is 0.155. The third kappa shape index (κ3) is 6.95. The lowest BCUT2D eigenvalue weighted by atomic mass is 9.91. The highest BCUT2D eigenvalue weighted by Crippen LogP contribution is 2.44. The predicted molar refractivity (Wildman–Crippen MR) is 163 cm³/mol. The molecule has 0 aliphatic carbocycles. The summed E-state index contributed by atoms with van der Waals surface area (Å²) in [7, 11) is 1.43. The van der Waals surface area contributed by atoms with Crippen LogP contribution >= 0.6 is 0 Å². The van der Waals surface area contributed by atoms with E-state index in [0.29, 0.717) is 29.9 Å². The van der Waals surface area contributed by atoms with Crippen LogP contribution in [0, 0.1) is 17.0 Å². The molecule has 1 fully saturated rings. The lowest BCUT2D eigenvalue weighted by Crippen LogP contribution is -2.53. The molecule has 3 aromatic carbocycles. The van der Waals surface area contributed by atoms with Crippen molar-refractivity contribution in [1.82, 2.24) is 9.47 Å². The van der Waals surface area contributed by atoms with E-state index in [4.69, 9.17) is 14.6 Å². The van der Waals surface area contributed by atoms with Crippen LogP contribution < -0.4 is 9.47 Å². The number of aliphatic hydroxyl groups is 1.